The van der Waals surface area contributed by atoms with Gasteiger partial charge in [-0.25, -0.2) is 12.8 Å². The Balaban J connectivity index is 2.00. The van der Waals surface area contributed by atoms with Crippen molar-refractivity contribution < 1.29 is 17.6 Å². The third kappa shape index (κ3) is 6.09. The van der Waals surface area contributed by atoms with Gasteiger partial charge in [-0.3, -0.25) is 4.79 Å². The first-order valence-corrected chi connectivity index (χ1v) is 10.8. The van der Waals surface area contributed by atoms with E-state index in [0.717, 1.165) is 28.4 Å². The highest BCUT2D eigenvalue weighted by Crippen LogP contribution is 2.19. The fourth-order valence-corrected chi connectivity index (χ4v) is 4.04. The molecule has 2 aromatic carbocycles. The van der Waals surface area contributed by atoms with E-state index in [1.807, 2.05) is 31.1 Å². The SMILES string of the molecule is CCc1ccc(C(CNC(=O)CN(C)S(=O)(=O)c2ccc(F)cc2)N(C)C)cc1. The fourth-order valence-electron chi connectivity index (χ4n) is 2.91. The Hall–Kier alpha value is -2.29. The van der Waals surface area contributed by atoms with E-state index in [1.54, 1.807) is 0 Å². The number of benzene rings is 2. The monoisotopic (exact) mass is 421 g/mol. The van der Waals surface area contributed by atoms with Gasteiger partial charge in [0.25, 0.3) is 0 Å². The van der Waals surface area contributed by atoms with E-state index in [-0.39, 0.29) is 17.5 Å². The average molecular weight is 422 g/mol. The van der Waals surface area contributed by atoms with E-state index in [4.69, 9.17) is 0 Å². The van der Waals surface area contributed by atoms with Gasteiger partial charge in [-0.15, -0.1) is 0 Å². The molecule has 0 bridgehead atoms. The number of hydrogen-bond acceptors (Lipinski definition) is 4. The van der Waals surface area contributed by atoms with Crippen LogP contribution in [-0.4, -0.2) is 57.8 Å². The molecular weight excluding hydrogens is 393 g/mol. The summed E-state index contributed by atoms with van der Waals surface area (Å²) in [5.41, 5.74) is 2.31. The first-order valence-electron chi connectivity index (χ1n) is 9.39. The molecule has 1 N–H and O–H groups in total. The highest BCUT2D eigenvalue weighted by atomic mass is 32.2. The van der Waals surface area contributed by atoms with E-state index in [1.165, 1.54) is 24.7 Å². The van der Waals surface area contributed by atoms with Crippen molar-refractivity contribution in [2.45, 2.75) is 24.3 Å². The zero-order valence-electron chi connectivity index (χ0n) is 17.2. The second kappa shape index (κ2) is 9.96. The van der Waals surface area contributed by atoms with Crippen LogP contribution in [0.25, 0.3) is 0 Å². The molecule has 0 saturated carbocycles. The number of carbonyl (C=O) groups excluding carboxylic acids is 1. The van der Waals surface area contributed by atoms with Gasteiger partial charge in [-0.1, -0.05) is 31.2 Å². The smallest absolute Gasteiger partial charge is 0.243 e. The van der Waals surface area contributed by atoms with E-state index >= 15 is 0 Å². The molecule has 0 aromatic heterocycles. The maximum absolute atomic E-state index is 13.0. The van der Waals surface area contributed by atoms with Crippen molar-refractivity contribution in [3.63, 3.8) is 0 Å². The maximum Gasteiger partial charge on any atom is 0.243 e. The number of carbonyl (C=O) groups is 1. The number of likely N-dealkylation sites (N-methyl/N-ethyl adjacent to an activating group) is 2. The number of nitrogens with one attached hydrogen (secondary N) is 1. The lowest BCUT2D eigenvalue weighted by atomic mass is 10.0. The number of amides is 1. The fraction of sp³-hybridized carbons (Fsp3) is 0.381. The van der Waals surface area contributed by atoms with Crippen molar-refractivity contribution in [2.75, 3.05) is 34.2 Å². The Bertz CT molecular complexity index is 913. The Labute approximate surface area is 172 Å². The van der Waals surface area contributed by atoms with Gasteiger partial charge in [-0.05, 0) is 55.9 Å². The third-order valence-electron chi connectivity index (χ3n) is 4.78. The molecule has 6 nitrogen and oxygen atoms in total. The average Bonchev–Trinajstić information content (AvgIpc) is 2.68. The van der Waals surface area contributed by atoms with E-state index in [2.05, 4.69) is 24.4 Å². The molecule has 2 rings (SSSR count). The molecule has 0 fully saturated rings. The molecule has 158 valence electrons. The molecule has 29 heavy (non-hydrogen) atoms. The molecule has 1 atom stereocenters. The number of rotatable bonds is 9. The lowest BCUT2D eigenvalue weighted by molar-refractivity contribution is -0.121. The van der Waals surface area contributed by atoms with Crippen LogP contribution in [0.2, 0.25) is 0 Å². The molecule has 1 amide bonds. The van der Waals surface area contributed by atoms with Crippen molar-refractivity contribution in [1.29, 1.82) is 0 Å². The van der Waals surface area contributed by atoms with Crippen molar-refractivity contribution in [3.8, 4) is 0 Å². The second-order valence-electron chi connectivity index (χ2n) is 7.09. The summed E-state index contributed by atoms with van der Waals surface area (Å²) in [6, 6.07) is 12.7. The van der Waals surface area contributed by atoms with Crippen molar-refractivity contribution >= 4 is 15.9 Å². The Morgan fingerprint density at radius 1 is 1.03 bits per heavy atom. The van der Waals surface area contributed by atoms with Crippen molar-refractivity contribution in [3.05, 3.63) is 65.5 Å². The van der Waals surface area contributed by atoms with E-state index < -0.39 is 21.7 Å². The lowest BCUT2D eigenvalue weighted by Crippen LogP contribution is -2.41. The predicted molar refractivity (Wildman–Crippen MR) is 111 cm³/mol. The molecule has 0 aliphatic rings. The van der Waals surface area contributed by atoms with Gasteiger partial charge >= 0.3 is 0 Å². The predicted octanol–water partition coefficient (Wildman–Crippen LogP) is 2.43. The largest absolute Gasteiger partial charge is 0.353 e. The van der Waals surface area contributed by atoms with Gasteiger partial charge in [0.2, 0.25) is 15.9 Å². The molecular formula is C21H28FN3O3S. The second-order valence-corrected chi connectivity index (χ2v) is 9.14. The maximum atomic E-state index is 13.0. The van der Waals surface area contributed by atoms with E-state index in [0.29, 0.717) is 6.54 Å². The van der Waals surface area contributed by atoms with Gasteiger partial charge in [-0.2, -0.15) is 4.31 Å². The molecule has 0 spiro atoms. The summed E-state index contributed by atoms with van der Waals surface area (Å²) in [7, 11) is 1.31. The van der Waals surface area contributed by atoms with Crippen LogP contribution in [0.1, 0.15) is 24.1 Å². The Morgan fingerprint density at radius 3 is 2.14 bits per heavy atom. The number of hydrogen-bond donors (Lipinski definition) is 1. The first kappa shape index (κ1) is 23.0. The number of nitrogens with zero attached hydrogens (tertiary/aromatic N) is 2. The number of halogens is 1. The van der Waals surface area contributed by atoms with Crippen LogP contribution in [0.15, 0.2) is 53.4 Å². The molecule has 0 aliphatic heterocycles. The van der Waals surface area contributed by atoms with Crippen molar-refractivity contribution in [2.24, 2.45) is 0 Å². The van der Waals surface area contributed by atoms with E-state index in [9.17, 15) is 17.6 Å². The topological polar surface area (TPSA) is 69.7 Å². The van der Waals surface area contributed by atoms with Crippen LogP contribution in [0.4, 0.5) is 4.39 Å². The number of aryl methyl sites for hydroxylation is 1. The molecule has 2 aromatic rings. The molecule has 0 aliphatic carbocycles. The van der Waals surface area contributed by atoms with Crippen LogP contribution in [0.5, 0.6) is 0 Å². The number of sulfonamides is 1. The third-order valence-corrected chi connectivity index (χ3v) is 6.59. The van der Waals surface area contributed by atoms with Crippen LogP contribution in [0, 0.1) is 5.82 Å². The summed E-state index contributed by atoms with van der Waals surface area (Å²) < 4.78 is 39.0. The molecule has 0 heterocycles. The minimum absolute atomic E-state index is 0.0381. The Kier molecular flexibility index (Phi) is 7.89. The highest BCUT2D eigenvalue weighted by molar-refractivity contribution is 7.89. The van der Waals surface area contributed by atoms with Crippen LogP contribution in [-0.2, 0) is 21.2 Å². The first-order chi connectivity index (χ1) is 13.6. The minimum atomic E-state index is -3.87. The zero-order valence-corrected chi connectivity index (χ0v) is 18.0. The van der Waals surface area contributed by atoms with Crippen molar-refractivity contribution in [1.82, 2.24) is 14.5 Å². The zero-order chi connectivity index (χ0) is 21.6. The molecule has 1 unspecified atom stereocenters. The van der Waals surface area contributed by atoms with Gasteiger partial charge in [0.15, 0.2) is 0 Å². The summed E-state index contributed by atoms with van der Waals surface area (Å²) >= 11 is 0. The van der Waals surface area contributed by atoms with Gasteiger partial charge in [0, 0.05) is 13.6 Å². The van der Waals surface area contributed by atoms with Gasteiger partial charge < -0.3 is 10.2 Å². The molecule has 0 saturated heterocycles. The quantitative estimate of drug-likeness (QED) is 0.675. The van der Waals surface area contributed by atoms with Crippen LogP contribution in [0.3, 0.4) is 0 Å². The van der Waals surface area contributed by atoms with Gasteiger partial charge in [0.05, 0.1) is 17.5 Å². The molecule has 8 heteroatoms. The summed E-state index contributed by atoms with van der Waals surface area (Å²) in [6.07, 6.45) is 0.957. The van der Waals surface area contributed by atoms with Crippen LogP contribution >= 0.6 is 0 Å². The highest BCUT2D eigenvalue weighted by Gasteiger charge is 2.23. The minimum Gasteiger partial charge on any atom is -0.353 e. The molecule has 0 radical (unpaired) electrons. The Morgan fingerprint density at radius 2 is 1.62 bits per heavy atom. The normalized spacial score (nSPS) is 12.9. The summed E-state index contributed by atoms with van der Waals surface area (Å²) in [4.78, 5) is 14.3. The van der Waals surface area contributed by atoms with Crippen LogP contribution < -0.4 is 5.32 Å². The summed E-state index contributed by atoms with van der Waals surface area (Å²) in [6.45, 7) is 2.12. The lowest BCUT2D eigenvalue weighted by Gasteiger charge is -2.26. The standard InChI is InChI=1S/C21H28FN3O3S/c1-5-16-6-8-17(9-7-16)20(24(2)3)14-23-21(26)15-25(4)29(27,28)19-12-10-18(22)11-13-19/h6-13,20H,5,14-15H2,1-4H3,(H,23,26). The van der Waals surface area contributed by atoms with Gasteiger partial charge in [0.1, 0.15) is 5.82 Å². The summed E-state index contributed by atoms with van der Waals surface area (Å²) in [5, 5.41) is 2.81. The summed E-state index contributed by atoms with van der Waals surface area (Å²) in [5.74, 6) is -0.929.